The van der Waals surface area contributed by atoms with Gasteiger partial charge in [-0.25, -0.2) is 0 Å². The average molecular weight is 292 g/mol. The minimum Gasteiger partial charge on any atom is -0.493 e. The SMILES string of the molecule is CCNCCC(C)N1CCc2cc(OC)c(OC)cc2C1. The van der Waals surface area contributed by atoms with Crippen LogP contribution in [0.1, 0.15) is 31.4 Å². The van der Waals surface area contributed by atoms with Gasteiger partial charge in [0.05, 0.1) is 14.2 Å². The van der Waals surface area contributed by atoms with Gasteiger partial charge in [-0.2, -0.15) is 0 Å². The molecule has 118 valence electrons. The second-order valence-corrected chi connectivity index (χ2v) is 5.69. The lowest BCUT2D eigenvalue weighted by Gasteiger charge is -2.34. The van der Waals surface area contributed by atoms with Crippen LogP contribution in [0.2, 0.25) is 0 Å². The maximum Gasteiger partial charge on any atom is 0.161 e. The first-order valence-corrected chi connectivity index (χ1v) is 7.88. The zero-order valence-corrected chi connectivity index (χ0v) is 13.7. The van der Waals surface area contributed by atoms with Gasteiger partial charge in [0.2, 0.25) is 0 Å². The fourth-order valence-electron chi connectivity index (χ4n) is 2.95. The Morgan fingerprint density at radius 3 is 2.48 bits per heavy atom. The van der Waals surface area contributed by atoms with Crippen LogP contribution in [0.15, 0.2) is 12.1 Å². The normalized spacial score (nSPS) is 16.4. The number of ether oxygens (including phenoxy) is 2. The third-order valence-corrected chi connectivity index (χ3v) is 4.36. The molecule has 1 N–H and O–H groups in total. The highest BCUT2D eigenvalue weighted by Crippen LogP contribution is 2.33. The molecule has 1 unspecified atom stereocenters. The molecular formula is C17H28N2O2. The summed E-state index contributed by atoms with van der Waals surface area (Å²) >= 11 is 0. The highest BCUT2D eigenvalue weighted by molar-refractivity contribution is 5.48. The molecule has 1 aliphatic heterocycles. The molecule has 1 aromatic carbocycles. The minimum atomic E-state index is 0.602. The number of benzene rings is 1. The Balaban J connectivity index is 2.05. The van der Waals surface area contributed by atoms with Crippen molar-refractivity contribution in [1.29, 1.82) is 0 Å². The van der Waals surface area contributed by atoms with Crippen LogP contribution >= 0.6 is 0 Å². The van der Waals surface area contributed by atoms with Crippen molar-refractivity contribution >= 4 is 0 Å². The first-order chi connectivity index (χ1) is 10.2. The van der Waals surface area contributed by atoms with Crippen LogP contribution in [-0.2, 0) is 13.0 Å². The molecule has 0 fully saturated rings. The average Bonchev–Trinajstić information content (AvgIpc) is 2.52. The van der Waals surface area contributed by atoms with E-state index in [9.17, 15) is 0 Å². The maximum atomic E-state index is 5.42. The third-order valence-electron chi connectivity index (χ3n) is 4.36. The van der Waals surface area contributed by atoms with Crippen molar-refractivity contribution in [2.75, 3.05) is 33.9 Å². The predicted octanol–water partition coefficient (Wildman–Crippen LogP) is 2.45. The topological polar surface area (TPSA) is 33.7 Å². The molecule has 1 aromatic rings. The van der Waals surface area contributed by atoms with Crippen LogP contribution in [0.25, 0.3) is 0 Å². The van der Waals surface area contributed by atoms with E-state index in [0.717, 1.165) is 44.1 Å². The number of hydrogen-bond donors (Lipinski definition) is 1. The maximum absolute atomic E-state index is 5.42. The van der Waals surface area contributed by atoms with E-state index in [1.54, 1.807) is 14.2 Å². The fraction of sp³-hybridized carbons (Fsp3) is 0.647. The molecular weight excluding hydrogens is 264 g/mol. The number of rotatable bonds is 7. The molecule has 2 rings (SSSR count). The molecule has 1 aliphatic rings. The third kappa shape index (κ3) is 3.89. The quantitative estimate of drug-likeness (QED) is 0.783. The van der Waals surface area contributed by atoms with Crippen LogP contribution in [-0.4, -0.2) is 44.8 Å². The summed E-state index contributed by atoms with van der Waals surface area (Å²) in [6.07, 6.45) is 2.28. The molecule has 0 amide bonds. The zero-order chi connectivity index (χ0) is 15.2. The lowest BCUT2D eigenvalue weighted by Crippen LogP contribution is -2.39. The van der Waals surface area contributed by atoms with E-state index in [4.69, 9.17) is 9.47 Å². The molecule has 0 saturated heterocycles. The molecule has 21 heavy (non-hydrogen) atoms. The first kappa shape index (κ1) is 16.1. The van der Waals surface area contributed by atoms with E-state index in [1.807, 2.05) is 0 Å². The molecule has 0 bridgehead atoms. The molecule has 0 saturated carbocycles. The highest BCUT2D eigenvalue weighted by atomic mass is 16.5. The van der Waals surface area contributed by atoms with Crippen molar-refractivity contribution in [1.82, 2.24) is 10.2 Å². The molecule has 4 heteroatoms. The lowest BCUT2D eigenvalue weighted by molar-refractivity contribution is 0.181. The monoisotopic (exact) mass is 292 g/mol. The lowest BCUT2D eigenvalue weighted by atomic mass is 9.97. The van der Waals surface area contributed by atoms with E-state index in [-0.39, 0.29) is 0 Å². The Morgan fingerprint density at radius 2 is 1.86 bits per heavy atom. The number of fused-ring (bicyclic) bond motifs is 1. The van der Waals surface area contributed by atoms with Gasteiger partial charge in [-0.15, -0.1) is 0 Å². The van der Waals surface area contributed by atoms with Crippen LogP contribution in [0.3, 0.4) is 0 Å². The fourth-order valence-corrected chi connectivity index (χ4v) is 2.95. The molecule has 4 nitrogen and oxygen atoms in total. The predicted molar refractivity (Wildman–Crippen MR) is 86.3 cm³/mol. The van der Waals surface area contributed by atoms with Crippen LogP contribution in [0.5, 0.6) is 11.5 Å². The van der Waals surface area contributed by atoms with Gasteiger partial charge in [0.15, 0.2) is 11.5 Å². The summed E-state index contributed by atoms with van der Waals surface area (Å²) in [7, 11) is 3.39. The van der Waals surface area contributed by atoms with Gasteiger partial charge in [0.25, 0.3) is 0 Å². The van der Waals surface area contributed by atoms with Crippen molar-refractivity contribution in [3.63, 3.8) is 0 Å². The minimum absolute atomic E-state index is 0.602. The Labute approximate surface area is 128 Å². The number of hydrogen-bond acceptors (Lipinski definition) is 4. The standard InChI is InChI=1S/C17H28N2O2/c1-5-18-8-6-13(2)19-9-7-14-10-16(20-3)17(21-4)11-15(14)12-19/h10-11,13,18H,5-9,12H2,1-4H3. The zero-order valence-electron chi connectivity index (χ0n) is 13.7. The van der Waals surface area contributed by atoms with Gasteiger partial charge in [0, 0.05) is 19.1 Å². The number of nitrogens with one attached hydrogen (secondary N) is 1. The number of nitrogens with zero attached hydrogens (tertiary/aromatic N) is 1. The van der Waals surface area contributed by atoms with Crippen molar-refractivity contribution < 1.29 is 9.47 Å². The smallest absolute Gasteiger partial charge is 0.161 e. The molecule has 0 spiro atoms. The second kappa shape index (κ2) is 7.66. The summed E-state index contributed by atoms with van der Waals surface area (Å²) < 4.78 is 10.8. The van der Waals surface area contributed by atoms with Gasteiger partial charge in [0.1, 0.15) is 0 Å². The highest BCUT2D eigenvalue weighted by Gasteiger charge is 2.22. The van der Waals surface area contributed by atoms with Crippen molar-refractivity contribution in [3.8, 4) is 11.5 Å². The summed E-state index contributed by atoms with van der Waals surface area (Å²) in [5, 5.41) is 3.41. The Kier molecular flexibility index (Phi) is 5.88. The van der Waals surface area contributed by atoms with E-state index in [2.05, 4.69) is 36.2 Å². The summed E-state index contributed by atoms with van der Waals surface area (Å²) in [5.41, 5.74) is 2.76. The van der Waals surface area contributed by atoms with E-state index in [0.29, 0.717) is 6.04 Å². The molecule has 0 aliphatic carbocycles. The largest absolute Gasteiger partial charge is 0.493 e. The summed E-state index contributed by atoms with van der Waals surface area (Å²) in [6.45, 7) is 8.74. The summed E-state index contributed by atoms with van der Waals surface area (Å²) in [4.78, 5) is 2.56. The van der Waals surface area contributed by atoms with Gasteiger partial charge in [-0.1, -0.05) is 6.92 Å². The second-order valence-electron chi connectivity index (χ2n) is 5.69. The molecule has 0 radical (unpaired) electrons. The van der Waals surface area contributed by atoms with Crippen LogP contribution in [0.4, 0.5) is 0 Å². The van der Waals surface area contributed by atoms with E-state index < -0.39 is 0 Å². The number of methoxy groups -OCH3 is 2. The Morgan fingerprint density at radius 1 is 1.19 bits per heavy atom. The first-order valence-electron chi connectivity index (χ1n) is 7.88. The van der Waals surface area contributed by atoms with Crippen molar-refractivity contribution in [2.45, 2.75) is 39.3 Å². The van der Waals surface area contributed by atoms with Gasteiger partial charge in [-0.05, 0) is 56.1 Å². The van der Waals surface area contributed by atoms with Crippen LogP contribution in [0, 0.1) is 0 Å². The molecule has 1 atom stereocenters. The summed E-state index contributed by atoms with van der Waals surface area (Å²) in [5.74, 6) is 1.67. The van der Waals surface area contributed by atoms with E-state index in [1.165, 1.54) is 17.5 Å². The van der Waals surface area contributed by atoms with Crippen LogP contribution < -0.4 is 14.8 Å². The van der Waals surface area contributed by atoms with Crippen molar-refractivity contribution in [3.05, 3.63) is 23.3 Å². The van der Waals surface area contributed by atoms with Gasteiger partial charge >= 0.3 is 0 Å². The van der Waals surface area contributed by atoms with Gasteiger partial charge < -0.3 is 14.8 Å². The van der Waals surface area contributed by atoms with E-state index >= 15 is 0 Å². The molecule has 1 heterocycles. The Bertz CT molecular complexity index is 462. The van der Waals surface area contributed by atoms with Crippen molar-refractivity contribution in [2.24, 2.45) is 0 Å². The Hall–Kier alpha value is -1.26. The molecule has 0 aromatic heterocycles. The van der Waals surface area contributed by atoms with Gasteiger partial charge in [-0.3, -0.25) is 4.90 Å². The summed E-state index contributed by atoms with van der Waals surface area (Å²) in [6, 6.07) is 4.87.